The summed E-state index contributed by atoms with van der Waals surface area (Å²) in [5, 5.41) is 16.0. The first-order chi connectivity index (χ1) is 13.5. The average Bonchev–Trinajstić information content (AvgIpc) is 3.34. The summed E-state index contributed by atoms with van der Waals surface area (Å²) in [6.45, 7) is 2.65. The molecule has 1 heterocycles. The first-order valence-corrected chi connectivity index (χ1v) is 9.66. The second-order valence-electron chi connectivity index (χ2n) is 7.75. The van der Waals surface area contributed by atoms with Gasteiger partial charge in [-0.3, -0.25) is 14.5 Å². The summed E-state index contributed by atoms with van der Waals surface area (Å²) in [4.78, 5) is 30.2. The number of carboxylic acids is 1. The molecule has 2 N–H and O–H groups in total. The molecule has 2 saturated carbocycles. The third kappa shape index (κ3) is 4.22. The van der Waals surface area contributed by atoms with Gasteiger partial charge in [-0.2, -0.15) is 4.98 Å². The second-order valence-corrected chi connectivity index (χ2v) is 7.75. The van der Waals surface area contributed by atoms with E-state index in [4.69, 9.17) is 9.63 Å². The van der Waals surface area contributed by atoms with Gasteiger partial charge in [-0.1, -0.05) is 17.3 Å². The van der Waals surface area contributed by atoms with Crippen LogP contribution in [0.15, 0.2) is 28.8 Å². The van der Waals surface area contributed by atoms with Crippen molar-refractivity contribution in [1.29, 1.82) is 0 Å². The number of amides is 1. The normalized spacial score (nSPS) is 21.4. The average molecular weight is 384 g/mol. The van der Waals surface area contributed by atoms with Crippen LogP contribution in [0.2, 0.25) is 0 Å². The molecule has 2 aromatic rings. The smallest absolute Gasteiger partial charge is 0.317 e. The lowest BCUT2D eigenvalue weighted by molar-refractivity contribution is -0.139. The molecule has 0 saturated heterocycles. The zero-order chi connectivity index (χ0) is 19.7. The fraction of sp³-hybridized carbons (Fsp3) is 0.500. The number of aromatic nitrogens is 2. The third-order valence-corrected chi connectivity index (χ3v) is 5.42. The Bertz CT molecular complexity index is 871. The minimum Gasteiger partial charge on any atom is -0.480 e. The lowest BCUT2D eigenvalue weighted by atomic mass is 9.85. The standard InChI is InChI=1S/C20H24N4O4/c1-12-21-20(28-23-12)17-5-3-2-4-16(17)19(27)22-14-8-15(9-14)24(11-18(25)26)10-13-6-7-13/h2-5,13-15H,6-11H2,1H3,(H,22,27)(H,25,26). The molecular formula is C20H24N4O4. The minimum atomic E-state index is -0.795. The minimum absolute atomic E-state index is 0.0467. The number of carboxylic acid groups (broad SMARTS) is 1. The van der Waals surface area contributed by atoms with Gasteiger partial charge in [-0.15, -0.1) is 0 Å². The number of nitrogens with one attached hydrogen (secondary N) is 1. The molecule has 2 aliphatic carbocycles. The van der Waals surface area contributed by atoms with E-state index in [2.05, 4.69) is 20.4 Å². The Hall–Kier alpha value is -2.74. The number of benzene rings is 1. The number of aryl methyl sites for hydroxylation is 1. The summed E-state index contributed by atoms with van der Waals surface area (Å²) >= 11 is 0. The highest BCUT2D eigenvalue weighted by Crippen LogP contribution is 2.34. The van der Waals surface area contributed by atoms with Crippen LogP contribution in [0.1, 0.15) is 41.9 Å². The fourth-order valence-electron chi connectivity index (χ4n) is 3.69. The Labute approximate surface area is 162 Å². The summed E-state index contributed by atoms with van der Waals surface area (Å²) < 4.78 is 5.21. The topological polar surface area (TPSA) is 109 Å². The SMILES string of the molecule is Cc1noc(-c2ccccc2C(=O)NC2CC(N(CC(=O)O)CC3CC3)C2)n1. The van der Waals surface area contributed by atoms with Crippen molar-refractivity contribution in [2.45, 2.75) is 44.7 Å². The molecule has 2 aliphatic rings. The van der Waals surface area contributed by atoms with Gasteiger partial charge in [0.15, 0.2) is 5.82 Å². The van der Waals surface area contributed by atoms with Gasteiger partial charge in [0.1, 0.15) is 0 Å². The molecule has 148 valence electrons. The molecule has 4 rings (SSSR count). The summed E-state index contributed by atoms with van der Waals surface area (Å²) in [5.41, 5.74) is 1.10. The summed E-state index contributed by atoms with van der Waals surface area (Å²) in [7, 11) is 0. The molecule has 1 aromatic carbocycles. The van der Waals surface area contributed by atoms with E-state index in [-0.39, 0.29) is 24.5 Å². The van der Waals surface area contributed by atoms with Crippen LogP contribution in [-0.4, -0.2) is 57.2 Å². The van der Waals surface area contributed by atoms with Crippen LogP contribution in [0.25, 0.3) is 11.5 Å². The van der Waals surface area contributed by atoms with Gasteiger partial charge in [0.25, 0.3) is 11.8 Å². The molecule has 0 aliphatic heterocycles. The van der Waals surface area contributed by atoms with Crippen molar-refractivity contribution in [3.63, 3.8) is 0 Å². The zero-order valence-electron chi connectivity index (χ0n) is 15.8. The number of hydrogen-bond acceptors (Lipinski definition) is 6. The maximum Gasteiger partial charge on any atom is 0.317 e. The lowest BCUT2D eigenvalue weighted by Gasteiger charge is -2.42. The Kier molecular flexibility index (Phi) is 5.13. The van der Waals surface area contributed by atoms with E-state index in [0.717, 1.165) is 19.4 Å². The summed E-state index contributed by atoms with van der Waals surface area (Å²) in [6.07, 6.45) is 3.92. The predicted octanol–water partition coefficient (Wildman–Crippen LogP) is 2.10. The molecule has 0 spiro atoms. The highest BCUT2D eigenvalue weighted by atomic mass is 16.5. The largest absolute Gasteiger partial charge is 0.480 e. The van der Waals surface area contributed by atoms with E-state index in [1.807, 2.05) is 6.07 Å². The maximum absolute atomic E-state index is 12.8. The van der Waals surface area contributed by atoms with Crippen molar-refractivity contribution in [3.8, 4) is 11.5 Å². The van der Waals surface area contributed by atoms with Gasteiger partial charge in [0.2, 0.25) is 0 Å². The Morgan fingerprint density at radius 3 is 2.68 bits per heavy atom. The molecule has 1 amide bonds. The van der Waals surface area contributed by atoms with Crippen molar-refractivity contribution in [3.05, 3.63) is 35.7 Å². The van der Waals surface area contributed by atoms with Crippen molar-refractivity contribution in [2.24, 2.45) is 5.92 Å². The molecule has 0 unspecified atom stereocenters. The van der Waals surface area contributed by atoms with Crippen LogP contribution in [0.4, 0.5) is 0 Å². The molecule has 8 heteroatoms. The number of carbonyl (C=O) groups excluding carboxylic acids is 1. The Balaban J connectivity index is 1.37. The van der Waals surface area contributed by atoms with E-state index in [0.29, 0.717) is 28.8 Å². The number of carbonyl (C=O) groups is 2. The third-order valence-electron chi connectivity index (χ3n) is 5.42. The van der Waals surface area contributed by atoms with E-state index in [1.54, 1.807) is 25.1 Å². The predicted molar refractivity (Wildman–Crippen MR) is 101 cm³/mol. The Morgan fingerprint density at radius 1 is 1.29 bits per heavy atom. The first kappa shape index (κ1) is 18.6. The van der Waals surface area contributed by atoms with Crippen LogP contribution >= 0.6 is 0 Å². The van der Waals surface area contributed by atoms with Gasteiger partial charge in [-0.05, 0) is 50.7 Å². The lowest BCUT2D eigenvalue weighted by Crippen LogP contribution is -2.55. The molecule has 0 bridgehead atoms. The molecule has 8 nitrogen and oxygen atoms in total. The quantitative estimate of drug-likeness (QED) is 0.717. The van der Waals surface area contributed by atoms with Crippen molar-refractivity contribution >= 4 is 11.9 Å². The van der Waals surface area contributed by atoms with E-state index >= 15 is 0 Å². The van der Waals surface area contributed by atoms with E-state index in [1.165, 1.54) is 12.8 Å². The highest BCUT2D eigenvalue weighted by Gasteiger charge is 2.38. The molecule has 0 radical (unpaired) electrons. The zero-order valence-corrected chi connectivity index (χ0v) is 15.8. The molecule has 0 atom stereocenters. The first-order valence-electron chi connectivity index (χ1n) is 9.66. The number of aliphatic carboxylic acids is 1. The van der Waals surface area contributed by atoms with Crippen LogP contribution < -0.4 is 5.32 Å². The second kappa shape index (κ2) is 7.71. The molecule has 1 aromatic heterocycles. The molecule has 2 fully saturated rings. The van der Waals surface area contributed by atoms with Crippen LogP contribution in [-0.2, 0) is 4.79 Å². The van der Waals surface area contributed by atoms with Gasteiger partial charge in [0, 0.05) is 18.6 Å². The van der Waals surface area contributed by atoms with Crippen molar-refractivity contribution in [1.82, 2.24) is 20.4 Å². The Morgan fingerprint density at radius 2 is 2.04 bits per heavy atom. The number of rotatable bonds is 8. The van der Waals surface area contributed by atoms with Gasteiger partial charge in [0.05, 0.1) is 17.7 Å². The number of nitrogens with zero attached hydrogens (tertiary/aromatic N) is 3. The van der Waals surface area contributed by atoms with Crippen LogP contribution in [0, 0.1) is 12.8 Å². The molecule has 28 heavy (non-hydrogen) atoms. The van der Waals surface area contributed by atoms with E-state index < -0.39 is 5.97 Å². The number of hydrogen-bond donors (Lipinski definition) is 2. The van der Waals surface area contributed by atoms with Gasteiger partial charge in [-0.25, -0.2) is 0 Å². The van der Waals surface area contributed by atoms with Crippen LogP contribution in [0.3, 0.4) is 0 Å². The van der Waals surface area contributed by atoms with E-state index in [9.17, 15) is 9.59 Å². The fourth-order valence-corrected chi connectivity index (χ4v) is 3.69. The monoisotopic (exact) mass is 384 g/mol. The maximum atomic E-state index is 12.8. The van der Waals surface area contributed by atoms with Crippen molar-refractivity contribution < 1.29 is 19.2 Å². The van der Waals surface area contributed by atoms with Gasteiger partial charge >= 0.3 is 5.97 Å². The summed E-state index contributed by atoms with van der Waals surface area (Å²) in [5.74, 6) is 0.504. The molecular weight excluding hydrogens is 360 g/mol. The van der Waals surface area contributed by atoms with Crippen molar-refractivity contribution in [2.75, 3.05) is 13.1 Å². The van der Waals surface area contributed by atoms with Gasteiger partial charge < -0.3 is 14.9 Å². The summed E-state index contributed by atoms with van der Waals surface area (Å²) in [6, 6.07) is 7.42. The highest BCUT2D eigenvalue weighted by molar-refractivity contribution is 6.00. The van der Waals surface area contributed by atoms with Crippen LogP contribution in [0.5, 0.6) is 0 Å².